The second kappa shape index (κ2) is 5.15. The first kappa shape index (κ1) is 11.9. The van der Waals surface area contributed by atoms with Gasteiger partial charge in [0.25, 0.3) is 0 Å². The lowest BCUT2D eigenvalue weighted by atomic mass is 10.1. The van der Waals surface area contributed by atoms with Gasteiger partial charge in [0.2, 0.25) is 0 Å². The molecule has 0 radical (unpaired) electrons. The molecule has 0 aliphatic rings. The van der Waals surface area contributed by atoms with E-state index in [0.717, 1.165) is 6.54 Å². The topological polar surface area (TPSA) is 29.9 Å². The van der Waals surface area contributed by atoms with Crippen LogP contribution in [0.3, 0.4) is 0 Å². The van der Waals surface area contributed by atoms with Crippen LogP contribution in [0, 0.1) is 6.92 Å². The summed E-state index contributed by atoms with van der Waals surface area (Å²) in [6.45, 7) is 5.13. The van der Waals surface area contributed by atoms with Crippen LogP contribution in [-0.2, 0) is 13.6 Å². The molecular formula is C14H19N3. The molecule has 2 aromatic rings. The van der Waals surface area contributed by atoms with E-state index >= 15 is 0 Å². The zero-order valence-corrected chi connectivity index (χ0v) is 10.6. The van der Waals surface area contributed by atoms with E-state index in [0.29, 0.717) is 6.04 Å². The van der Waals surface area contributed by atoms with Crippen LogP contribution in [-0.4, -0.2) is 9.78 Å². The molecule has 0 aliphatic carbocycles. The lowest BCUT2D eigenvalue weighted by Crippen LogP contribution is -2.19. The van der Waals surface area contributed by atoms with Crippen molar-refractivity contribution in [1.29, 1.82) is 0 Å². The Bertz CT molecular complexity index is 470. The number of aromatic nitrogens is 2. The minimum Gasteiger partial charge on any atom is -0.305 e. The van der Waals surface area contributed by atoms with Crippen molar-refractivity contribution in [2.24, 2.45) is 7.05 Å². The second-order valence-electron chi connectivity index (χ2n) is 4.46. The third-order valence-electron chi connectivity index (χ3n) is 3.09. The van der Waals surface area contributed by atoms with E-state index in [1.165, 1.54) is 16.8 Å². The molecule has 1 atom stereocenters. The quantitative estimate of drug-likeness (QED) is 0.873. The molecule has 2 rings (SSSR count). The van der Waals surface area contributed by atoms with Gasteiger partial charge in [-0.3, -0.25) is 4.68 Å². The first-order valence-electron chi connectivity index (χ1n) is 5.93. The van der Waals surface area contributed by atoms with E-state index in [-0.39, 0.29) is 0 Å². The van der Waals surface area contributed by atoms with Gasteiger partial charge in [0.15, 0.2) is 0 Å². The van der Waals surface area contributed by atoms with Crippen molar-refractivity contribution >= 4 is 0 Å². The van der Waals surface area contributed by atoms with Gasteiger partial charge in [-0.1, -0.05) is 29.8 Å². The average molecular weight is 229 g/mol. The van der Waals surface area contributed by atoms with Gasteiger partial charge in [-0.15, -0.1) is 0 Å². The maximum atomic E-state index is 4.16. The Kier molecular flexibility index (Phi) is 3.59. The van der Waals surface area contributed by atoms with Gasteiger partial charge in [0, 0.05) is 25.8 Å². The monoisotopic (exact) mass is 229 g/mol. The van der Waals surface area contributed by atoms with Gasteiger partial charge in [-0.2, -0.15) is 5.10 Å². The zero-order chi connectivity index (χ0) is 12.3. The predicted molar refractivity (Wildman–Crippen MR) is 69.6 cm³/mol. The summed E-state index contributed by atoms with van der Waals surface area (Å²) in [6.07, 6.45) is 1.83. The second-order valence-corrected chi connectivity index (χ2v) is 4.46. The molecule has 1 aromatic carbocycles. The Hall–Kier alpha value is -1.61. The van der Waals surface area contributed by atoms with Crippen LogP contribution in [0.25, 0.3) is 0 Å². The standard InChI is InChI=1S/C14H19N3/c1-11-4-6-13(7-5-11)12(2)15-10-14-8-9-16-17(14)3/h4-9,12,15H,10H2,1-3H3/t12-/m1/s1. The fraction of sp³-hybridized carbons (Fsp3) is 0.357. The molecule has 0 aliphatic heterocycles. The Morgan fingerprint density at radius 1 is 1.24 bits per heavy atom. The normalized spacial score (nSPS) is 12.6. The predicted octanol–water partition coefficient (Wildman–Crippen LogP) is 2.58. The summed E-state index contributed by atoms with van der Waals surface area (Å²) >= 11 is 0. The van der Waals surface area contributed by atoms with Gasteiger partial charge in [0.05, 0.1) is 5.69 Å². The van der Waals surface area contributed by atoms with Crippen molar-refractivity contribution in [3.05, 3.63) is 53.3 Å². The fourth-order valence-electron chi connectivity index (χ4n) is 1.81. The third-order valence-corrected chi connectivity index (χ3v) is 3.09. The van der Waals surface area contributed by atoms with Gasteiger partial charge in [-0.05, 0) is 25.5 Å². The minimum atomic E-state index is 0.352. The highest BCUT2D eigenvalue weighted by molar-refractivity contribution is 5.23. The van der Waals surface area contributed by atoms with Gasteiger partial charge < -0.3 is 5.32 Å². The van der Waals surface area contributed by atoms with Crippen LogP contribution >= 0.6 is 0 Å². The Morgan fingerprint density at radius 2 is 1.94 bits per heavy atom. The van der Waals surface area contributed by atoms with Crippen LogP contribution in [0.2, 0.25) is 0 Å². The van der Waals surface area contributed by atoms with Crippen LogP contribution in [0.1, 0.15) is 29.8 Å². The summed E-state index contributed by atoms with van der Waals surface area (Å²) in [5.41, 5.74) is 3.81. The minimum absolute atomic E-state index is 0.352. The lowest BCUT2D eigenvalue weighted by molar-refractivity contribution is 0.548. The molecule has 0 amide bonds. The van der Waals surface area contributed by atoms with E-state index in [1.54, 1.807) is 0 Å². The average Bonchev–Trinajstić information content (AvgIpc) is 2.73. The van der Waals surface area contributed by atoms with Crippen molar-refractivity contribution in [3.63, 3.8) is 0 Å². The van der Waals surface area contributed by atoms with Crippen LogP contribution in [0.15, 0.2) is 36.5 Å². The molecule has 90 valence electrons. The number of nitrogens with zero attached hydrogens (tertiary/aromatic N) is 2. The smallest absolute Gasteiger partial charge is 0.0518 e. The molecule has 3 heteroatoms. The van der Waals surface area contributed by atoms with Crippen molar-refractivity contribution in [2.75, 3.05) is 0 Å². The highest BCUT2D eigenvalue weighted by Crippen LogP contribution is 2.13. The highest BCUT2D eigenvalue weighted by atomic mass is 15.3. The largest absolute Gasteiger partial charge is 0.305 e. The molecule has 0 saturated carbocycles. The summed E-state index contributed by atoms with van der Waals surface area (Å²) < 4.78 is 1.90. The summed E-state index contributed by atoms with van der Waals surface area (Å²) in [7, 11) is 1.97. The molecule has 1 N–H and O–H groups in total. The third kappa shape index (κ3) is 2.94. The molecule has 17 heavy (non-hydrogen) atoms. The van der Waals surface area contributed by atoms with E-state index in [1.807, 2.05) is 24.0 Å². The van der Waals surface area contributed by atoms with E-state index in [9.17, 15) is 0 Å². The molecule has 1 aromatic heterocycles. The molecule has 1 heterocycles. The first-order valence-corrected chi connectivity index (χ1v) is 5.93. The van der Waals surface area contributed by atoms with Gasteiger partial charge in [0.1, 0.15) is 0 Å². The summed E-state index contributed by atoms with van der Waals surface area (Å²) in [6, 6.07) is 11.0. The maximum absolute atomic E-state index is 4.16. The van der Waals surface area contributed by atoms with Crippen LogP contribution in [0.4, 0.5) is 0 Å². The number of benzene rings is 1. The molecule has 3 nitrogen and oxygen atoms in total. The molecule has 0 saturated heterocycles. The fourth-order valence-corrected chi connectivity index (χ4v) is 1.81. The number of hydrogen-bond donors (Lipinski definition) is 1. The van der Waals surface area contributed by atoms with Crippen molar-refractivity contribution in [1.82, 2.24) is 15.1 Å². The van der Waals surface area contributed by atoms with Gasteiger partial charge in [-0.25, -0.2) is 0 Å². The maximum Gasteiger partial charge on any atom is 0.0518 e. The Morgan fingerprint density at radius 3 is 2.53 bits per heavy atom. The van der Waals surface area contributed by atoms with Crippen molar-refractivity contribution in [2.45, 2.75) is 26.4 Å². The first-order chi connectivity index (χ1) is 8.16. The number of hydrogen-bond acceptors (Lipinski definition) is 2. The summed E-state index contributed by atoms with van der Waals surface area (Å²) in [5.74, 6) is 0. The molecule has 0 spiro atoms. The number of nitrogens with one attached hydrogen (secondary N) is 1. The van der Waals surface area contributed by atoms with Crippen LogP contribution in [0.5, 0.6) is 0 Å². The van der Waals surface area contributed by atoms with Gasteiger partial charge >= 0.3 is 0 Å². The number of aryl methyl sites for hydroxylation is 2. The molecule has 0 bridgehead atoms. The lowest BCUT2D eigenvalue weighted by Gasteiger charge is -2.14. The molecule has 0 unspecified atom stereocenters. The highest BCUT2D eigenvalue weighted by Gasteiger charge is 2.05. The zero-order valence-electron chi connectivity index (χ0n) is 10.6. The summed E-state index contributed by atoms with van der Waals surface area (Å²) in [5, 5.41) is 7.66. The van der Waals surface area contributed by atoms with Crippen molar-refractivity contribution in [3.8, 4) is 0 Å². The van der Waals surface area contributed by atoms with Crippen LogP contribution < -0.4 is 5.32 Å². The van der Waals surface area contributed by atoms with E-state index in [2.05, 4.69) is 48.5 Å². The van der Waals surface area contributed by atoms with Crippen molar-refractivity contribution < 1.29 is 0 Å². The SMILES string of the molecule is Cc1ccc([C@@H](C)NCc2ccnn2C)cc1. The van der Waals surface area contributed by atoms with E-state index < -0.39 is 0 Å². The number of rotatable bonds is 4. The van der Waals surface area contributed by atoms with E-state index in [4.69, 9.17) is 0 Å². The Labute approximate surface area is 102 Å². The molecular weight excluding hydrogens is 210 g/mol. The molecule has 0 fully saturated rings. The Balaban J connectivity index is 1.95. The summed E-state index contributed by atoms with van der Waals surface area (Å²) in [4.78, 5) is 0.